The SMILES string of the molecule is OB(O)O.[LiH].[Y]. The Balaban J connectivity index is -0.0000000450. The van der Waals surface area contributed by atoms with E-state index in [0.29, 0.717) is 0 Å². The van der Waals surface area contributed by atoms with Crippen molar-refractivity contribution in [2.45, 2.75) is 0 Å². The molecule has 0 aliphatic heterocycles. The van der Waals surface area contributed by atoms with E-state index >= 15 is 0 Å². The Labute approximate surface area is 73.4 Å². The maximum atomic E-state index is 7.17. The largest absolute Gasteiger partial charge is 0 e. The molecule has 0 aromatic rings. The number of hydrogen-bond acceptors (Lipinski definition) is 3. The molecule has 0 heterocycles. The van der Waals surface area contributed by atoms with Gasteiger partial charge in [0.2, 0.25) is 0 Å². The predicted molar refractivity (Wildman–Crippen MR) is 19.6 cm³/mol. The molecule has 0 aromatic carbocycles. The normalized spacial score (nSPS) is 4.50. The maximum absolute atomic E-state index is 7.17. The third-order valence-electron chi connectivity index (χ3n) is 0. The molecule has 6 heteroatoms. The number of hydrogen-bond donors (Lipinski definition) is 3. The molecule has 1 radical (unpaired) electrons. The summed E-state index contributed by atoms with van der Waals surface area (Å²) in [5.74, 6) is 0. The summed E-state index contributed by atoms with van der Waals surface area (Å²) in [5.41, 5.74) is 0. The fraction of sp³-hybridized carbons (Fsp3) is 0. The average Bonchev–Trinajstić information content (AvgIpc) is 0.811. The zero-order valence-corrected chi connectivity index (χ0v) is 5.33. The van der Waals surface area contributed by atoms with Crippen LogP contribution in [0.15, 0.2) is 0 Å². The van der Waals surface area contributed by atoms with Crippen molar-refractivity contribution in [2.24, 2.45) is 0 Å². The third-order valence-corrected chi connectivity index (χ3v) is 0. The zero-order valence-electron chi connectivity index (χ0n) is 2.50. The van der Waals surface area contributed by atoms with Crippen LogP contribution >= 0.6 is 0 Å². The van der Waals surface area contributed by atoms with Crippen LogP contribution in [0.4, 0.5) is 0 Å². The topological polar surface area (TPSA) is 60.7 Å². The molecule has 0 unspecified atom stereocenters. The molecule has 6 heavy (non-hydrogen) atoms. The molecule has 0 saturated heterocycles. The van der Waals surface area contributed by atoms with Gasteiger partial charge in [-0.3, -0.25) is 0 Å². The minimum atomic E-state index is -2.17. The molecule has 0 bridgehead atoms. The first-order valence-corrected chi connectivity index (χ1v) is 0.775. The van der Waals surface area contributed by atoms with Gasteiger partial charge in [-0.15, -0.1) is 0 Å². The van der Waals surface area contributed by atoms with E-state index in [9.17, 15) is 0 Å². The Morgan fingerprint density at radius 2 is 1.00 bits per heavy atom. The Hall–Kier alpha value is 1.65. The fourth-order valence-corrected chi connectivity index (χ4v) is 0. The second-order valence-corrected chi connectivity index (χ2v) is 0.346. The van der Waals surface area contributed by atoms with Crippen LogP contribution in [-0.4, -0.2) is 41.3 Å². The summed E-state index contributed by atoms with van der Waals surface area (Å²) in [5, 5.41) is 21.5. The molecule has 0 spiro atoms. The molecule has 0 aliphatic rings. The molecule has 0 rings (SSSR count). The van der Waals surface area contributed by atoms with Crippen LogP contribution in [0.25, 0.3) is 0 Å². The van der Waals surface area contributed by atoms with Crippen LogP contribution in [0, 0.1) is 0 Å². The van der Waals surface area contributed by atoms with E-state index in [0.717, 1.165) is 0 Å². The van der Waals surface area contributed by atoms with Gasteiger partial charge >= 0.3 is 26.2 Å². The van der Waals surface area contributed by atoms with Crippen LogP contribution < -0.4 is 0 Å². The molecule has 29 valence electrons. The van der Waals surface area contributed by atoms with Crippen molar-refractivity contribution in [3.8, 4) is 0 Å². The molecular formula is H4BLiO3Y. The zero-order chi connectivity index (χ0) is 3.58. The van der Waals surface area contributed by atoms with E-state index < -0.39 is 7.32 Å². The van der Waals surface area contributed by atoms with Crippen molar-refractivity contribution in [1.29, 1.82) is 0 Å². The first-order chi connectivity index (χ1) is 1.73. The number of rotatable bonds is 0. The Morgan fingerprint density at radius 3 is 1.00 bits per heavy atom. The standard InChI is InChI=1S/BH3O3.Li.Y.H/c2-1(3)4;;;/h2-4H;;;. The quantitative estimate of drug-likeness (QED) is 0.337. The van der Waals surface area contributed by atoms with E-state index in [2.05, 4.69) is 0 Å². The second-order valence-electron chi connectivity index (χ2n) is 0.346. The maximum Gasteiger partial charge on any atom is 0 e. The van der Waals surface area contributed by atoms with Gasteiger partial charge in [0.25, 0.3) is 0 Å². The molecule has 3 nitrogen and oxygen atoms in total. The Morgan fingerprint density at radius 1 is 1.00 bits per heavy atom. The molecule has 0 fully saturated rings. The molecule has 0 aromatic heterocycles. The molecule has 0 saturated carbocycles. The van der Waals surface area contributed by atoms with Gasteiger partial charge in [0.15, 0.2) is 0 Å². The van der Waals surface area contributed by atoms with Gasteiger partial charge in [-0.05, 0) is 0 Å². The summed E-state index contributed by atoms with van der Waals surface area (Å²) >= 11 is 0. The van der Waals surface area contributed by atoms with Crippen LogP contribution in [0.1, 0.15) is 0 Å². The summed E-state index contributed by atoms with van der Waals surface area (Å²) in [6.45, 7) is 0. The van der Waals surface area contributed by atoms with Crippen molar-refractivity contribution >= 4 is 26.2 Å². The van der Waals surface area contributed by atoms with Gasteiger partial charge in [-0.2, -0.15) is 0 Å². The van der Waals surface area contributed by atoms with Gasteiger partial charge < -0.3 is 15.1 Å². The van der Waals surface area contributed by atoms with Crippen LogP contribution in [-0.2, 0) is 32.7 Å². The molecule has 3 N–H and O–H groups in total. The van der Waals surface area contributed by atoms with Gasteiger partial charge in [0.05, 0.1) is 0 Å². The first kappa shape index (κ1) is 15.6. The molecule has 0 atom stereocenters. The van der Waals surface area contributed by atoms with Crippen molar-refractivity contribution in [3.05, 3.63) is 0 Å². The molecule has 0 amide bonds. The monoisotopic (exact) mass is 159 g/mol. The van der Waals surface area contributed by atoms with Crippen molar-refractivity contribution in [3.63, 3.8) is 0 Å². The summed E-state index contributed by atoms with van der Waals surface area (Å²) < 4.78 is 0. The summed E-state index contributed by atoms with van der Waals surface area (Å²) in [6, 6.07) is 0. The van der Waals surface area contributed by atoms with E-state index in [4.69, 9.17) is 15.1 Å². The van der Waals surface area contributed by atoms with Gasteiger partial charge in [0.1, 0.15) is 0 Å². The predicted octanol–water partition coefficient (Wildman–Crippen LogP) is -2.70. The summed E-state index contributed by atoms with van der Waals surface area (Å²) in [6.07, 6.45) is 0. The Kier molecular flexibility index (Phi) is 25.6. The minimum Gasteiger partial charge on any atom is 0 e. The summed E-state index contributed by atoms with van der Waals surface area (Å²) in [7, 11) is -2.17. The van der Waals surface area contributed by atoms with E-state index in [1.54, 1.807) is 0 Å². The Bertz CT molecular complexity index is 15.5. The minimum absolute atomic E-state index is 0. The van der Waals surface area contributed by atoms with E-state index in [1.807, 2.05) is 0 Å². The van der Waals surface area contributed by atoms with Gasteiger partial charge in [-0.25, -0.2) is 0 Å². The van der Waals surface area contributed by atoms with Crippen molar-refractivity contribution in [1.82, 2.24) is 0 Å². The van der Waals surface area contributed by atoms with Crippen molar-refractivity contribution in [2.75, 3.05) is 0 Å². The average molecular weight is 159 g/mol. The van der Waals surface area contributed by atoms with Crippen LogP contribution in [0.2, 0.25) is 0 Å². The van der Waals surface area contributed by atoms with Crippen LogP contribution in [0.5, 0.6) is 0 Å². The summed E-state index contributed by atoms with van der Waals surface area (Å²) in [4.78, 5) is 0. The van der Waals surface area contributed by atoms with Gasteiger partial charge in [-0.1, -0.05) is 0 Å². The van der Waals surface area contributed by atoms with Gasteiger partial charge in [0, 0.05) is 32.7 Å². The van der Waals surface area contributed by atoms with E-state index in [1.165, 1.54) is 0 Å². The molecular weight excluding hydrogens is 155 g/mol. The fourth-order valence-electron chi connectivity index (χ4n) is 0. The first-order valence-electron chi connectivity index (χ1n) is 0.775. The molecule has 0 aliphatic carbocycles. The smallest absolute Gasteiger partial charge is 0 e. The second kappa shape index (κ2) is 9.82. The van der Waals surface area contributed by atoms with Crippen LogP contribution in [0.3, 0.4) is 0 Å². The van der Waals surface area contributed by atoms with E-state index in [-0.39, 0.29) is 51.6 Å². The third kappa shape index (κ3) is 45.0. The van der Waals surface area contributed by atoms with Crippen molar-refractivity contribution < 1.29 is 47.8 Å².